The van der Waals surface area contributed by atoms with Crippen molar-refractivity contribution >= 4 is 19.4 Å². The van der Waals surface area contributed by atoms with E-state index in [1.165, 1.54) is 31.2 Å². The fourth-order valence-electron chi connectivity index (χ4n) is 2.37. The van der Waals surface area contributed by atoms with Crippen molar-refractivity contribution in [2.24, 2.45) is 0 Å². The minimum atomic E-state index is -4.01. The number of anilines is 1. The smallest absolute Gasteiger partial charge is 0.462 e. The van der Waals surface area contributed by atoms with Crippen molar-refractivity contribution < 1.29 is 33.1 Å². The Morgan fingerprint density at radius 1 is 1.03 bits per heavy atom. The Bertz CT molecular complexity index is 842. The van der Waals surface area contributed by atoms with Crippen molar-refractivity contribution in [2.45, 2.75) is 32.9 Å². The lowest BCUT2D eigenvalue weighted by Crippen LogP contribution is -2.36. The Kier molecular flexibility index (Phi) is 8.68. The molecule has 9 nitrogen and oxygen atoms in total. The van der Waals surface area contributed by atoms with E-state index in [0.717, 1.165) is 0 Å². The van der Waals surface area contributed by atoms with Crippen LogP contribution in [0, 0.1) is 0 Å². The molecule has 0 saturated carbocycles. The van der Waals surface area contributed by atoms with Crippen LogP contribution in [0.2, 0.25) is 0 Å². The summed E-state index contributed by atoms with van der Waals surface area (Å²) in [6, 6.07) is 13.8. The molecule has 10 heteroatoms. The van der Waals surface area contributed by atoms with Crippen molar-refractivity contribution in [3.63, 3.8) is 0 Å². The summed E-state index contributed by atoms with van der Waals surface area (Å²) in [4.78, 5) is 17.2. The van der Waals surface area contributed by atoms with Gasteiger partial charge < -0.3 is 18.9 Å². The minimum absolute atomic E-state index is 0.226. The standard InChI is InChI=1S/C20H27N2O7P/c1-15(2)27-20(24)16(3)21-30(25,28-18-8-6-5-7-9-18)29-19-12-10-17(11-13-19)22(14-23)26-4/h5-13,15-16,23H,14H2,1-4H3,(H,21,25)/t16-,30+/m0/s1. The number of aliphatic hydroxyl groups excluding tert-OH is 1. The monoisotopic (exact) mass is 438 g/mol. The molecule has 164 valence electrons. The Morgan fingerprint density at radius 2 is 1.60 bits per heavy atom. The molecule has 2 N–H and O–H groups in total. The normalized spacial score (nSPS) is 13.9. The van der Waals surface area contributed by atoms with E-state index in [1.54, 1.807) is 56.3 Å². The van der Waals surface area contributed by atoms with Crippen LogP contribution in [0.25, 0.3) is 0 Å². The second-order valence-electron chi connectivity index (χ2n) is 6.53. The van der Waals surface area contributed by atoms with E-state index in [9.17, 15) is 14.5 Å². The highest BCUT2D eigenvalue weighted by Gasteiger charge is 2.34. The molecule has 2 atom stereocenters. The summed E-state index contributed by atoms with van der Waals surface area (Å²) in [6.07, 6.45) is -0.320. The summed E-state index contributed by atoms with van der Waals surface area (Å²) in [6.45, 7) is 4.61. The molecule has 0 aromatic heterocycles. The van der Waals surface area contributed by atoms with Gasteiger partial charge in [0.2, 0.25) is 0 Å². The van der Waals surface area contributed by atoms with E-state index in [-0.39, 0.29) is 18.6 Å². The Morgan fingerprint density at radius 3 is 2.10 bits per heavy atom. The van der Waals surface area contributed by atoms with Crippen LogP contribution in [0.1, 0.15) is 20.8 Å². The van der Waals surface area contributed by atoms with Gasteiger partial charge in [0.25, 0.3) is 0 Å². The molecule has 0 saturated heterocycles. The molecule has 0 amide bonds. The lowest BCUT2D eigenvalue weighted by Gasteiger charge is -2.24. The summed E-state index contributed by atoms with van der Waals surface area (Å²) < 4.78 is 29.8. The van der Waals surface area contributed by atoms with Crippen LogP contribution < -0.4 is 19.2 Å². The lowest BCUT2D eigenvalue weighted by molar-refractivity contribution is -0.149. The maximum absolute atomic E-state index is 13.4. The molecule has 0 radical (unpaired) electrons. The molecular weight excluding hydrogens is 411 g/mol. The number of nitrogens with one attached hydrogen (secondary N) is 1. The van der Waals surface area contributed by atoms with E-state index < -0.39 is 19.8 Å². The van der Waals surface area contributed by atoms with Gasteiger partial charge in [0.05, 0.1) is 18.9 Å². The average Bonchev–Trinajstić information content (AvgIpc) is 2.70. The molecule has 2 aromatic rings. The number of carbonyl (C=O) groups excluding carboxylic acids is 1. The van der Waals surface area contributed by atoms with Gasteiger partial charge in [-0.2, -0.15) is 5.09 Å². The first-order valence-electron chi connectivity index (χ1n) is 9.31. The van der Waals surface area contributed by atoms with E-state index in [0.29, 0.717) is 11.4 Å². The zero-order valence-electron chi connectivity index (χ0n) is 17.3. The summed E-state index contributed by atoms with van der Waals surface area (Å²) in [7, 11) is -2.59. The highest BCUT2D eigenvalue weighted by Crippen LogP contribution is 2.45. The Labute approximate surface area is 176 Å². The van der Waals surface area contributed by atoms with E-state index in [4.69, 9.17) is 18.6 Å². The minimum Gasteiger partial charge on any atom is -0.462 e. The molecule has 0 spiro atoms. The lowest BCUT2D eigenvalue weighted by atomic mass is 10.3. The summed E-state index contributed by atoms with van der Waals surface area (Å²) in [5.41, 5.74) is 0.563. The van der Waals surface area contributed by atoms with Gasteiger partial charge in [0.1, 0.15) is 24.3 Å². The zero-order chi connectivity index (χ0) is 22.1. The van der Waals surface area contributed by atoms with Crippen LogP contribution in [0.15, 0.2) is 54.6 Å². The second kappa shape index (κ2) is 11.0. The number of hydrogen-bond acceptors (Lipinski definition) is 8. The molecule has 0 unspecified atom stereocenters. The van der Waals surface area contributed by atoms with Gasteiger partial charge in [-0.15, -0.1) is 0 Å². The predicted octanol–water partition coefficient (Wildman–Crippen LogP) is 3.50. The maximum atomic E-state index is 13.4. The van der Waals surface area contributed by atoms with Crippen LogP contribution in [0.3, 0.4) is 0 Å². The fourth-order valence-corrected chi connectivity index (χ4v) is 3.89. The molecule has 0 aliphatic heterocycles. The van der Waals surface area contributed by atoms with Crippen LogP contribution >= 0.6 is 7.75 Å². The van der Waals surface area contributed by atoms with E-state index in [2.05, 4.69) is 5.09 Å². The van der Waals surface area contributed by atoms with Crippen molar-refractivity contribution in [3.8, 4) is 11.5 Å². The van der Waals surface area contributed by atoms with E-state index >= 15 is 0 Å². The third kappa shape index (κ3) is 7.03. The predicted molar refractivity (Wildman–Crippen MR) is 112 cm³/mol. The van der Waals surface area contributed by atoms with Crippen molar-refractivity contribution in [3.05, 3.63) is 54.6 Å². The van der Waals surface area contributed by atoms with Crippen molar-refractivity contribution in [2.75, 3.05) is 18.9 Å². The molecule has 0 aliphatic carbocycles. The van der Waals surface area contributed by atoms with Gasteiger partial charge in [0.15, 0.2) is 0 Å². The first kappa shape index (κ1) is 23.7. The topological polar surface area (TPSA) is 107 Å². The Hall–Kier alpha value is -2.58. The fraction of sp³-hybridized carbons (Fsp3) is 0.350. The van der Waals surface area contributed by atoms with Crippen LogP contribution in [-0.2, 0) is 18.9 Å². The van der Waals surface area contributed by atoms with Gasteiger partial charge in [-0.1, -0.05) is 18.2 Å². The van der Waals surface area contributed by atoms with E-state index in [1.807, 2.05) is 0 Å². The Balaban J connectivity index is 2.22. The number of para-hydroxylation sites is 1. The third-order valence-corrected chi connectivity index (χ3v) is 5.33. The van der Waals surface area contributed by atoms with Crippen LogP contribution in [-0.4, -0.2) is 37.1 Å². The first-order valence-corrected chi connectivity index (χ1v) is 10.9. The van der Waals surface area contributed by atoms with Crippen molar-refractivity contribution in [1.29, 1.82) is 0 Å². The molecule has 30 heavy (non-hydrogen) atoms. The first-order chi connectivity index (χ1) is 14.3. The summed E-state index contributed by atoms with van der Waals surface area (Å²) in [5, 5.41) is 13.1. The summed E-state index contributed by atoms with van der Waals surface area (Å²) >= 11 is 0. The number of nitrogens with zero attached hydrogens (tertiary/aromatic N) is 1. The number of hydroxylamine groups is 1. The molecule has 0 fully saturated rings. The number of rotatable bonds is 11. The van der Waals surface area contributed by atoms with Gasteiger partial charge >= 0.3 is 13.7 Å². The van der Waals surface area contributed by atoms with Crippen LogP contribution in [0.5, 0.6) is 11.5 Å². The SMILES string of the molecule is CON(CO)c1ccc(O[P@@](=O)(N[C@@H](C)C(=O)OC(C)C)Oc2ccccc2)cc1. The van der Waals surface area contributed by atoms with Gasteiger partial charge in [-0.05, 0) is 57.2 Å². The quantitative estimate of drug-likeness (QED) is 0.236. The van der Waals surface area contributed by atoms with Gasteiger partial charge in [-0.25, -0.2) is 9.63 Å². The summed E-state index contributed by atoms with van der Waals surface area (Å²) in [5.74, 6) is -0.0522. The van der Waals surface area contributed by atoms with Crippen molar-refractivity contribution in [1.82, 2.24) is 5.09 Å². The largest absolute Gasteiger partial charge is 0.513 e. The van der Waals surface area contributed by atoms with Gasteiger partial charge in [-0.3, -0.25) is 9.63 Å². The number of esters is 1. The molecule has 0 aliphatic rings. The molecule has 2 aromatic carbocycles. The number of aliphatic hydroxyl groups is 1. The van der Waals surface area contributed by atoms with Crippen LogP contribution in [0.4, 0.5) is 5.69 Å². The number of carbonyl (C=O) groups is 1. The van der Waals surface area contributed by atoms with Gasteiger partial charge in [0, 0.05) is 0 Å². The highest BCUT2D eigenvalue weighted by molar-refractivity contribution is 7.52. The third-order valence-electron chi connectivity index (χ3n) is 3.73. The zero-order valence-corrected chi connectivity index (χ0v) is 18.2. The molecular formula is C20H27N2O7P. The number of ether oxygens (including phenoxy) is 1. The number of hydrogen-bond donors (Lipinski definition) is 2. The molecule has 2 rings (SSSR count). The highest BCUT2D eigenvalue weighted by atomic mass is 31.2. The average molecular weight is 438 g/mol. The maximum Gasteiger partial charge on any atom is 0.513 e. The molecule has 0 bridgehead atoms. The number of benzene rings is 2. The molecule has 0 heterocycles. The second-order valence-corrected chi connectivity index (χ2v) is 8.14.